The summed E-state index contributed by atoms with van der Waals surface area (Å²) in [5.74, 6) is 0.973. The first-order valence-electron chi connectivity index (χ1n) is 7.53. The molecule has 1 fully saturated rings. The van der Waals surface area contributed by atoms with Crippen LogP contribution in [0.2, 0.25) is 0 Å². The molecule has 0 amide bonds. The first kappa shape index (κ1) is 14.8. The number of aromatic nitrogens is 2. The average Bonchev–Trinajstić information content (AvgIpc) is 2.56. The van der Waals surface area contributed by atoms with Crippen molar-refractivity contribution in [2.24, 2.45) is 5.92 Å². The minimum absolute atomic E-state index is 0.00278. The molecule has 0 aliphatic carbocycles. The number of anilines is 1. The fourth-order valence-corrected chi connectivity index (χ4v) is 2.76. The van der Waals surface area contributed by atoms with Crippen LogP contribution in [0.3, 0.4) is 0 Å². The number of rotatable bonds is 3. The van der Waals surface area contributed by atoms with E-state index in [1.54, 1.807) is 12.1 Å². The Morgan fingerprint density at radius 1 is 1.23 bits per heavy atom. The predicted molar refractivity (Wildman–Crippen MR) is 84.0 cm³/mol. The molecule has 0 bridgehead atoms. The van der Waals surface area contributed by atoms with Gasteiger partial charge >= 0.3 is 0 Å². The summed E-state index contributed by atoms with van der Waals surface area (Å²) in [5.41, 5.74) is 1.11. The van der Waals surface area contributed by atoms with Crippen LogP contribution >= 0.6 is 0 Å². The zero-order chi connectivity index (χ0) is 15.5. The molecule has 115 valence electrons. The van der Waals surface area contributed by atoms with Crippen molar-refractivity contribution in [2.75, 3.05) is 18.0 Å². The van der Waals surface area contributed by atoms with Crippen molar-refractivity contribution in [3.8, 4) is 17.0 Å². The van der Waals surface area contributed by atoms with Gasteiger partial charge < -0.3 is 10.0 Å². The number of piperidine rings is 1. The van der Waals surface area contributed by atoms with E-state index in [1.807, 2.05) is 0 Å². The van der Waals surface area contributed by atoms with E-state index in [9.17, 15) is 9.50 Å². The lowest BCUT2D eigenvalue weighted by Crippen LogP contribution is -2.34. The first-order valence-corrected chi connectivity index (χ1v) is 7.53. The molecule has 0 unspecified atom stereocenters. The van der Waals surface area contributed by atoms with Crippen LogP contribution in [-0.4, -0.2) is 28.2 Å². The maximum absolute atomic E-state index is 13.0. The third kappa shape index (κ3) is 3.03. The molecule has 0 atom stereocenters. The number of aromatic hydroxyl groups is 1. The van der Waals surface area contributed by atoms with Crippen LogP contribution in [0.4, 0.5) is 10.3 Å². The smallest absolute Gasteiger partial charge is 0.226 e. The molecule has 1 aliphatic rings. The van der Waals surface area contributed by atoms with Crippen LogP contribution in [0.1, 0.15) is 19.3 Å². The highest BCUT2D eigenvalue weighted by molar-refractivity contribution is 5.66. The zero-order valence-corrected chi connectivity index (χ0v) is 12.4. The molecule has 2 heterocycles. The van der Waals surface area contributed by atoms with Crippen LogP contribution in [0.15, 0.2) is 30.5 Å². The lowest BCUT2D eigenvalue weighted by molar-refractivity contribution is 0.404. The fourth-order valence-electron chi connectivity index (χ4n) is 2.76. The van der Waals surface area contributed by atoms with Crippen molar-refractivity contribution >= 4 is 5.95 Å². The molecule has 3 rings (SSSR count). The Kier molecular flexibility index (Phi) is 4.22. The summed E-state index contributed by atoms with van der Waals surface area (Å²) in [4.78, 5) is 10.8. The average molecular weight is 300 g/mol. The first-order chi connectivity index (χ1) is 10.7. The maximum Gasteiger partial charge on any atom is 0.226 e. The Hall–Kier alpha value is -2.17. The summed E-state index contributed by atoms with van der Waals surface area (Å²) in [7, 11) is 0. The lowest BCUT2D eigenvalue weighted by atomic mass is 9.95. The van der Waals surface area contributed by atoms with Crippen LogP contribution in [0.5, 0.6) is 5.75 Å². The van der Waals surface area contributed by atoms with Crippen LogP contribution < -0.4 is 4.90 Å². The second-order valence-electron chi connectivity index (χ2n) is 5.63. The topological polar surface area (TPSA) is 49.2 Å². The number of benzene rings is 1. The lowest BCUT2D eigenvalue weighted by Gasteiger charge is -2.31. The van der Waals surface area contributed by atoms with Crippen molar-refractivity contribution in [1.82, 2.24) is 9.97 Å². The second kappa shape index (κ2) is 6.30. The van der Waals surface area contributed by atoms with Gasteiger partial charge in [0.25, 0.3) is 0 Å². The fraction of sp³-hybridized carbons (Fsp3) is 0.353. The molecule has 1 aromatic carbocycles. The third-order valence-electron chi connectivity index (χ3n) is 4.18. The van der Waals surface area contributed by atoms with Crippen molar-refractivity contribution in [3.05, 3.63) is 43.2 Å². The number of hydrogen-bond acceptors (Lipinski definition) is 4. The Morgan fingerprint density at radius 2 is 1.91 bits per heavy atom. The second-order valence-corrected chi connectivity index (χ2v) is 5.63. The minimum Gasteiger partial charge on any atom is -0.504 e. The largest absolute Gasteiger partial charge is 0.504 e. The summed E-state index contributed by atoms with van der Waals surface area (Å²) in [6, 6.07) is 5.93. The van der Waals surface area contributed by atoms with E-state index in [0.29, 0.717) is 23.1 Å². The van der Waals surface area contributed by atoms with E-state index in [-0.39, 0.29) is 11.6 Å². The Morgan fingerprint density at radius 3 is 2.55 bits per heavy atom. The molecular formula is C17H19FN3O. The van der Waals surface area contributed by atoms with Gasteiger partial charge in [-0.2, -0.15) is 0 Å². The van der Waals surface area contributed by atoms with Crippen molar-refractivity contribution < 1.29 is 9.50 Å². The number of nitrogens with zero attached hydrogens (tertiary/aromatic N) is 3. The highest BCUT2D eigenvalue weighted by atomic mass is 19.1. The Bertz CT molecular complexity index is 637. The molecule has 1 saturated heterocycles. The van der Waals surface area contributed by atoms with E-state index in [0.717, 1.165) is 32.4 Å². The number of hydrogen-bond donors (Lipinski definition) is 1. The zero-order valence-electron chi connectivity index (χ0n) is 12.4. The monoisotopic (exact) mass is 300 g/mol. The van der Waals surface area contributed by atoms with Gasteiger partial charge in [0.1, 0.15) is 11.5 Å². The van der Waals surface area contributed by atoms with Gasteiger partial charge in [0.05, 0.1) is 6.20 Å². The maximum atomic E-state index is 13.0. The van der Waals surface area contributed by atoms with Crippen LogP contribution in [0.25, 0.3) is 11.3 Å². The van der Waals surface area contributed by atoms with Crippen LogP contribution in [0, 0.1) is 18.7 Å². The molecule has 1 aromatic heterocycles. The predicted octanol–water partition coefficient (Wildman–Crippen LogP) is 3.43. The molecule has 22 heavy (non-hydrogen) atoms. The van der Waals surface area contributed by atoms with E-state index < -0.39 is 0 Å². The molecule has 2 aromatic rings. The molecule has 0 saturated carbocycles. The van der Waals surface area contributed by atoms with Gasteiger partial charge in [-0.05, 0) is 43.0 Å². The van der Waals surface area contributed by atoms with Gasteiger partial charge in [0, 0.05) is 18.7 Å². The van der Waals surface area contributed by atoms with Gasteiger partial charge in [0.2, 0.25) is 5.95 Å². The standard InChI is InChI=1S/C17H19FN3O/c1-2-12-7-9-21(10-8-12)17-19-11-15(22)16(20-17)13-3-5-14(18)6-4-13/h3-6,11-12,22H,1-2,7-10H2. The molecule has 5 heteroatoms. The van der Waals surface area contributed by atoms with Crippen molar-refractivity contribution in [1.29, 1.82) is 0 Å². The Labute approximate surface area is 129 Å². The van der Waals surface area contributed by atoms with E-state index in [1.165, 1.54) is 18.3 Å². The summed E-state index contributed by atoms with van der Waals surface area (Å²) >= 11 is 0. The summed E-state index contributed by atoms with van der Waals surface area (Å²) in [5, 5.41) is 9.99. The van der Waals surface area contributed by atoms with Crippen LogP contribution in [-0.2, 0) is 0 Å². The molecule has 1 aliphatic heterocycles. The van der Waals surface area contributed by atoms with Gasteiger partial charge in [0.15, 0.2) is 5.75 Å². The van der Waals surface area contributed by atoms with Gasteiger partial charge in [-0.1, -0.05) is 13.3 Å². The highest BCUT2D eigenvalue weighted by Crippen LogP contribution is 2.29. The van der Waals surface area contributed by atoms with Crippen molar-refractivity contribution in [2.45, 2.75) is 19.3 Å². The Balaban J connectivity index is 1.85. The number of halogens is 1. The van der Waals surface area contributed by atoms with Gasteiger partial charge in [-0.15, -0.1) is 0 Å². The highest BCUT2D eigenvalue weighted by Gasteiger charge is 2.21. The van der Waals surface area contributed by atoms with Gasteiger partial charge in [-0.3, -0.25) is 0 Å². The van der Waals surface area contributed by atoms with Crippen molar-refractivity contribution in [3.63, 3.8) is 0 Å². The normalized spacial score (nSPS) is 16.0. The SMILES string of the molecule is [CH2]CC1CCN(c2ncc(O)c(-c3ccc(F)cc3)n2)CC1. The quantitative estimate of drug-likeness (QED) is 0.943. The van der Waals surface area contributed by atoms with E-state index in [2.05, 4.69) is 21.8 Å². The van der Waals surface area contributed by atoms with Gasteiger partial charge in [-0.25, -0.2) is 14.4 Å². The molecule has 0 spiro atoms. The van der Waals surface area contributed by atoms with E-state index >= 15 is 0 Å². The van der Waals surface area contributed by atoms with E-state index in [4.69, 9.17) is 0 Å². The molecular weight excluding hydrogens is 281 g/mol. The minimum atomic E-state index is -0.312. The summed E-state index contributed by atoms with van der Waals surface area (Å²) in [6.07, 6.45) is 4.54. The summed E-state index contributed by atoms with van der Waals surface area (Å²) < 4.78 is 13.0. The summed E-state index contributed by atoms with van der Waals surface area (Å²) in [6.45, 7) is 5.76. The molecule has 1 radical (unpaired) electrons. The molecule has 4 nitrogen and oxygen atoms in total. The molecule has 1 N–H and O–H groups in total. The third-order valence-corrected chi connectivity index (χ3v) is 4.18.